The van der Waals surface area contributed by atoms with E-state index in [0.717, 1.165) is 39.7 Å². The highest BCUT2D eigenvalue weighted by Gasteiger charge is 2.24. The zero-order valence-corrected chi connectivity index (χ0v) is 13.1. The van der Waals surface area contributed by atoms with Crippen LogP contribution in [0.2, 0.25) is 0 Å². The van der Waals surface area contributed by atoms with Crippen LogP contribution in [0.3, 0.4) is 0 Å². The van der Waals surface area contributed by atoms with Gasteiger partial charge in [-0.15, -0.1) is 0 Å². The molecule has 114 valence electrons. The fraction of sp³-hybridized carbons (Fsp3) is 0.100. The monoisotopic (exact) mass is 303 g/mol. The number of methoxy groups -OCH3 is 1. The van der Waals surface area contributed by atoms with Gasteiger partial charge in [0.25, 0.3) is 0 Å². The van der Waals surface area contributed by atoms with Gasteiger partial charge in [-0.2, -0.15) is 0 Å². The number of rotatable bonds is 2. The van der Waals surface area contributed by atoms with Crippen molar-refractivity contribution in [2.45, 2.75) is 6.92 Å². The summed E-state index contributed by atoms with van der Waals surface area (Å²) in [4.78, 5) is 2.11. The summed E-state index contributed by atoms with van der Waals surface area (Å²) in [5.41, 5.74) is 5.38. The van der Waals surface area contributed by atoms with Gasteiger partial charge in [0.1, 0.15) is 5.75 Å². The third kappa shape index (κ3) is 2.21. The molecule has 0 aliphatic carbocycles. The van der Waals surface area contributed by atoms with Gasteiger partial charge in [0.2, 0.25) is 5.88 Å². The highest BCUT2D eigenvalue weighted by molar-refractivity contribution is 5.92. The molecule has 0 fully saturated rings. The number of furan rings is 1. The average molecular weight is 303 g/mol. The van der Waals surface area contributed by atoms with E-state index in [9.17, 15) is 0 Å². The summed E-state index contributed by atoms with van der Waals surface area (Å²) in [5.74, 6) is 1.62. The molecular formula is C20H17NO2. The molecule has 2 heterocycles. The molecule has 1 aliphatic rings. The van der Waals surface area contributed by atoms with E-state index in [-0.39, 0.29) is 0 Å². The van der Waals surface area contributed by atoms with E-state index in [2.05, 4.69) is 48.2 Å². The lowest BCUT2D eigenvalue weighted by molar-refractivity contribution is 0.415. The second-order valence-corrected chi connectivity index (χ2v) is 5.58. The van der Waals surface area contributed by atoms with Gasteiger partial charge < -0.3 is 9.15 Å². The van der Waals surface area contributed by atoms with Crippen LogP contribution in [0.15, 0.2) is 59.2 Å². The number of ether oxygens (including phenoxy) is 1. The quantitative estimate of drug-likeness (QED) is 0.485. The number of nitrogens with zero attached hydrogens (tertiary/aromatic N) is 1. The Hall–Kier alpha value is -2.94. The summed E-state index contributed by atoms with van der Waals surface area (Å²) in [7, 11) is 1.70. The molecule has 23 heavy (non-hydrogen) atoms. The Bertz CT molecular complexity index is 892. The summed E-state index contributed by atoms with van der Waals surface area (Å²) in [6.07, 6.45) is 5.92. The molecule has 0 saturated heterocycles. The first-order valence-corrected chi connectivity index (χ1v) is 7.57. The number of aryl methyl sites for hydroxylation is 1. The van der Waals surface area contributed by atoms with E-state index >= 15 is 0 Å². The zero-order chi connectivity index (χ0) is 15.8. The van der Waals surface area contributed by atoms with Gasteiger partial charge >= 0.3 is 0 Å². The highest BCUT2D eigenvalue weighted by atomic mass is 16.5. The molecule has 3 aromatic rings. The van der Waals surface area contributed by atoms with Crippen molar-refractivity contribution < 1.29 is 9.15 Å². The molecular weight excluding hydrogens is 286 g/mol. The lowest BCUT2D eigenvalue weighted by Gasteiger charge is -2.25. The molecule has 0 amide bonds. The normalized spacial score (nSPS) is 12.5. The Morgan fingerprint density at radius 3 is 2.61 bits per heavy atom. The van der Waals surface area contributed by atoms with E-state index < -0.39 is 0 Å². The van der Waals surface area contributed by atoms with E-state index in [1.54, 1.807) is 13.4 Å². The van der Waals surface area contributed by atoms with Crippen LogP contribution in [-0.4, -0.2) is 7.11 Å². The maximum Gasteiger partial charge on any atom is 0.211 e. The molecule has 3 nitrogen and oxygen atoms in total. The summed E-state index contributed by atoms with van der Waals surface area (Å²) in [6.45, 7) is 2.06. The molecule has 3 heteroatoms. The Morgan fingerprint density at radius 1 is 0.913 bits per heavy atom. The standard InChI is InChI=1S/C20H17NO2/c1-14-7-10-18(19(13-14)22-2)21-17-6-4-3-5-15(17)8-9-16-11-12-23-20(16)21/h3-13H,1-2H3. The van der Waals surface area contributed by atoms with E-state index in [4.69, 9.17) is 9.15 Å². The minimum Gasteiger partial charge on any atom is -0.495 e. The fourth-order valence-corrected chi connectivity index (χ4v) is 2.95. The molecule has 0 saturated carbocycles. The van der Waals surface area contributed by atoms with Crippen LogP contribution < -0.4 is 9.64 Å². The Kier molecular flexibility index (Phi) is 3.19. The van der Waals surface area contributed by atoms with Gasteiger partial charge in [-0.1, -0.05) is 30.3 Å². The van der Waals surface area contributed by atoms with Crippen molar-refractivity contribution in [1.29, 1.82) is 0 Å². The Morgan fingerprint density at radius 2 is 1.74 bits per heavy atom. The maximum atomic E-state index is 5.81. The minimum atomic E-state index is 0.799. The highest BCUT2D eigenvalue weighted by Crippen LogP contribution is 2.45. The Balaban J connectivity index is 2.00. The van der Waals surface area contributed by atoms with Crippen molar-refractivity contribution in [2.75, 3.05) is 12.0 Å². The largest absolute Gasteiger partial charge is 0.495 e. The maximum absolute atomic E-state index is 5.81. The van der Waals surface area contributed by atoms with Crippen LogP contribution in [0, 0.1) is 6.92 Å². The first kappa shape index (κ1) is 13.7. The van der Waals surface area contributed by atoms with Crippen molar-refractivity contribution in [1.82, 2.24) is 0 Å². The molecule has 4 rings (SSSR count). The molecule has 1 aliphatic heterocycles. The van der Waals surface area contributed by atoms with Gasteiger partial charge in [0, 0.05) is 5.56 Å². The average Bonchev–Trinajstić information content (AvgIpc) is 2.98. The molecule has 1 aromatic heterocycles. The molecule has 0 spiro atoms. The van der Waals surface area contributed by atoms with Gasteiger partial charge in [-0.25, -0.2) is 0 Å². The third-order valence-corrected chi connectivity index (χ3v) is 4.07. The summed E-state index contributed by atoms with van der Waals surface area (Å²) in [5, 5.41) is 0. The fourth-order valence-electron chi connectivity index (χ4n) is 2.95. The number of hydrogen-bond donors (Lipinski definition) is 0. The second kappa shape index (κ2) is 5.36. The number of hydrogen-bond acceptors (Lipinski definition) is 3. The lowest BCUT2D eigenvalue weighted by Crippen LogP contribution is -2.12. The SMILES string of the molecule is COc1cc(C)ccc1N1c2ccccc2C=Cc2ccoc21. The van der Waals surface area contributed by atoms with Crippen LogP contribution in [0.1, 0.15) is 16.7 Å². The first-order valence-electron chi connectivity index (χ1n) is 7.57. The molecule has 0 atom stereocenters. The first-order chi connectivity index (χ1) is 11.3. The van der Waals surface area contributed by atoms with Crippen molar-refractivity contribution in [3.63, 3.8) is 0 Å². The lowest BCUT2D eigenvalue weighted by atomic mass is 10.1. The van der Waals surface area contributed by atoms with Crippen LogP contribution in [0.5, 0.6) is 5.75 Å². The molecule has 2 aromatic carbocycles. The number of para-hydroxylation sites is 1. The number of fused-ring (bicyclic) bond motifs is 2. The summed E-state index contributed by atoms with van der Waals surface area (Å²) >= 11 is 0. The van der Waals surface area contributed by atoms with Gasteiger partial charge in [0.05, 0.1) is 24.7 Å². The number of benzene rings is 2. The second-order valence-electron chi connectivity index (χ2n) is 5.58. The van der Waals surface area contributed by atoms with Crippen molar-refractivity contribution in [3.05, 3.63) is 71.5 Å². The van der Waals surface area contributed by atoms with Crippen LogP contribution in [0.25, 0.3) is 12.2 Å². The van der Waals surface area contributed by atoms with Crippen molar-refractivity contribution >= 4 is 29.4 Å². The predicted molar refractivity (Wildman–Crippen MR) is 93.6 cm³/mol. The zero-order valence-electron chi connectivity index (χ0n) is 13.1. The minimum absolute atomic E-state index is 0.799. The van der Waals surface area contributed by atoms with Gasteiger partial charge in [-0.3, -0.25) is 4.90 Å². The Labute approximate surface area is 135 Å². The topological polar surface area (TPSA) is 25.6 Å². The molecule has 0 radical (unpaired) electrons. The van der Waals surface area contributed by atoms with Gasteiger partial charge in [0.15, 0.2) is 0 Å². The van der Waals surface area contributed by atoms with Crippen LogP contribution in [0.4, 0.5) is 17.3 Å². The smallest absolute Gasteiger partial charge is 0.211 e. The number of anilines is 3. The van der Waals surface area contributed by atoms with E-state index in [1.165, 1.54) is 0 Å². The van der Waals surface area contributed by atoms with Crippen molar-refractivity contribution in [2.24, 2.45) is 0 Å². The molecule has 0 bridgehead atoms. The summed E-state index contributed by atoms with van der Waals surface area (Å²) < 4.78 is 11.4. The summed E-state index contributed by atoms with van der Waals surface area (Å²) in [6, 6.07) is 16.4. The van der Waals surface area contributed by atoms with Crippen LogP contribution in [-0.2, 0) is 0 Å². The van der Waals surface area contributed by atoms with E-state index in [1.807, 2.05) is 24.3 Å². The molecule has 0 N–H and O–H groups in total. The molecule has 0 unspecified atom stereocenters. The van der Waals surface area contributed by atoms with E-state index in [0.29, 0.717) is 0 Å². The third-order valence-electron chi connectivity index (χ3n) is 4.07. The van der Waals surface area contributed by atoms with Gasteiger partial charge in [-0.05, 0) is 48.4 Å². The van der Waals surface area contributed by atoms with Crippen molar-refractivity contribution in [3.8, 4) is 5.75 Å². The predicted octanol–water partition coefficient (Wildman–Crippen LogP) is 5.55. The van der Waals surface area contributed by atoms with Crippen LogP contribution >= 0.6 is 0 Å².